The van der Waals surface area contributed by atoms with Gasteiger partial charge < -0.3 is 10.4 Å². The number of aromatic hydroxyl groups is 1. The maximum absolute atomic E-state index is 9.54. The van der Waals surface area contributed by atoms with Gasteiger partial charge in [0.15, 0.2) is 0 Å². The van der Waals surface area contributed by atoms with E-state index in [1.165, 1.54) is 0 Å². The number of aryl methyl sites for hydroxylation is 1. The van der Waals surface area contributed by atoms with Crippen molar-refractivity contribution in [2.45, 2.75) is 13.3 Å². The molecule has 0 bridgehead atoms. The zero-order valence-corrected chi connectivity index (χ0v) is 12.2. The predicted octanol–water partition coefficient (Wildman–Crippen LogP) is 3.67. The molecule has 0 aliphatic heterocycles. The number of hydrogen-bond acceptors (Lipinski definition) is 5. The SMILES string of the molecule is CCc1nc(NC)ccc1-c1nc2ccc(O)cc2s1. The molecule has 1 aromatic carbocycles. The Kier molecular flexibility index (Phi) is 3.28. The molecule has 2 N–H and O–H groups in total. The minimum Gasteiger partial charge on any atom is -0.508 e. The molecule has 0 aliphatic rings. The van der Waals surface area contributed by atoms with Crippen LogP contribution >= 0.6 is 11.3 Å². The average molecular weight is 285 g/mol. The lowest BCUT2D eigenvalue weighted by atomic mass is 10.1. The molecule has 0 unspecified atom stereocenters. The van der Waals surface area contributed by atoms with Crippen LogP contribution in [0.2, 0.25) is 0 Å². The molecule has 0 radical (unpaired) electrons. The van der Waals surface area contributed by atoms with Crippen molar-refractivity contribution >= 4 is 27.4 Å². The van der Waals surface area contributed by atoms with Gasteiger partial charge in [-0.25, -0.2) is 9.97 Å². The minimum atomic E-state index is 0.270. The summed E-state index contributed by atoms with van der Waals surface area (Å²) in [6.45, 7) is 2.09. The number of phenolic OH excluding ortho intramolecular Hbond substituents is 1. The van der Waals surface area contributed by atoms with Crippen LogP contribution in [0.4, 0.5) is 5.82 Å². The third-order valence-corrected chi connectivity index (χ3v) is 4.22. The number of anilines is 1. The van der Waals surface area contributed by atoms with Crippen LogP contribution in [0.15, 0.2) is 30.3 Å². The highest BCUT2D eigenvalue weighted by molar-refractivity contribution is 7.21. The first kappa shape index (κ1) is 12.9. The van der Waals surface area contributed by atoms with E-state index in [1.807, 2.05) is 19.2 Å². The molecule has 0 atom stereocenters. The van der Waals surface area contributed by atoms with E-state index >= 15 is 0 Å². The normalized spacial score (nSPS) is 10.9. The van der Waals surface area contributed by atoms with Gasteiger partial charge in [0.1, 0.15) is 16.6 Å². The summed E-state index contributed by atoms with van der Waals surface area (Å²) < 4.78 is 0.986. The first-order chi connectivity index (χ1) is 9.71. The number of pyridine rings is 1. The van der Waals surface area contributed by atoms with Gasteiger partial charge in [-0.3, -0.25) is 0 Å². The molecule has 3 rings (SSSR count). The van der Waals surface area contributed by atoms with Gasteiger partial charge in [-0.2, -0.15) is 0 Å². The van der Waals surface area contributed by atoms with Gasteiger partial charge in [0, 0.05) is 12.6 Å². The maximum Gasteiger partial charge on any atom is 0.126 e. The van der Waals surface area contributed by atoms with Crippen LogP contribution in [-0.2, 0) is 6.42 Å². The van der Waals surface area contributed by atoms with E-state index in [4.69, 9.17) is 0 Å². The van der Waals surface area contributed by atoms with E-state index in [0.717, 1.165) is 38.7 Å². The Hall–Kier alpha value is -2.14. The maximum atomic E-state index is 9.54. The minimum absolute atomic E-state index is 0.270. The first-order valence-corrected chi connectivity index (χ1v) is 7.30. The molecule has 0 spiro atoms. The van der Waals surface area contributed by atoms with Crippen LogP contribution in [0.25, 0.3) is 20.8 Å². The van der Waals surface area contributed by atoms with Gasteiger partial charge in [0.05, 0.1) is 15.9 Å². The summed E-state index contributed by atoms with van der Waals surface area (Å²) in [5.74, 6) is 1.14. The van der Waals surface area contributed by atoms with E-state index in [-0.39, 0.29) is 5.75 Å². The highest BCUT2D eigenvalue weighted by Crippen LogP contribution is 2.33. The monoisotopic (exact) mass is 285 g/mol. The summed E-state index contributed by atoms with van der Waals surface area (Å²) in [4.78, 5) is 9.22. The van der Waals surface area contributed by atoms with Gasteiger partial charge in [-0.15, -0.1) is 11.3 Å². The Morgan fingerprint density at radius 2 is 2.05 bits per heavy atom. The second-order valence-electron chi connectivity index (χ2n) is 4.47. The standard InChI is InChI=1S/C15H15N3OS/c1-3-11-10(5-7-14(16-2)17-11)15-18-12-6-4-9(19)8-13(12)20-15/h4-8,19H,3H2,1-2H3,(H,16,17). The molecule has 0 saturated heterocycles. The number of rotatable bonds is 3. The van der Waals surface area contributed by atoms with Gasteiger partial charge >= 0.3 is 0 Å². The van der Waals surface area contributed by atoms with Crippen molar-refractivity contribution in [3.63, 3.8) is 0 Å². The highest BCUT2D eigenvalue weighted by Gasteiger charge is 2.11. The van der Waals surface area contributed by atoms with E-state index < -0.39 is 0 Å². The molecule has 5 heteroatoms. The van der Waals surface area contributed by atoms with Gasteiger partial charge in [-0.05, 0) is 36.8 Å². The topological polar surface area (TPSA) is 58.0 Å². The van der Waals surface area contributed by atoms with Crippen molar-refractivity contribution in [1.29, 1.82) is 0 Å². The van der Waals surface area contributed by atoms with Gasteiger partial charge in [0.25, 0.3) is 0 Å². The van der Waals surface area contributed by atoms with Crippen molar-refractivity contribution in [3.8, 4) is 16.3 Å². The zero-order valence-electron chi connectivity index (χ0n) is 11.3. The fraction of sp³-hybridized carbons (Fsp3) is 0.200. The number of benzene rings is 1. The molecular formula is C15H15N3OS. The third kappa shape index (κ3) is 2.20. The fourth-order valence-electron chi connectivity index (χ4n) is 2.13. The number of thiazole rings is 1. The Labute approximate surface area is 121 Å². The molecule has 0 fully saturated rings. The zero-order chi connectivity index (χ0) is 14.1. The van der Waals surface area contributed by atoms with Crippen LogP contribution in [-0.4, -0.2) is 22.1 Å². The van der Waals surface area contributed by atoms with Crippen LogP contribution in [0.3, 0.4) is 0 Å². The lowest BCUT2D eigenvalue weighted by molar-refractivity contribution is 0.476. The molecule has 3 aromatic rings. The van der Waals surface area contributed by atoms with Crippen LogP contribution in [0, 0.1) is 0 Å². The molecule has 4 nitrogen and oxygen atoms in total. The Morgan fingerprint density at radius 1 is 1.20 bits per heavy atom. The fourth-order valence-corrected chi connectivity index (χ4v) is 3.18. The summed E-state index contributed by atoms with van der Waals surface area (Å²) >= 11 is 1.58. The molecule has 0 amide bonds. The second kappa shape index (κ2) is 5.09. The van der Waals surface area contributed by atoms with Crippen molar-refractivity contribution in [2.75, 3.05) is 12.4 Å². The first-order valence-electron chi connectivity index (χ1n) is 6.49. The van der Waals surface area contributed by atoms with E-state index in [1.54, 1.807) is 23.5 Å². The molecule has 0 aliphatic carbocycles. The number of aromatic nitrogens is 2. The van der Waals surface area contributed by atoms with Gasteiger partial charge in [0.2, 0.25) is 0 Å². The Morgan fingerprint density at radius 3 is 2.80 bits per heavy atom. The lowest BCUT2D eigenvalue weighted by Crippen LogP contribution is -1.97. The van der Waals surface area contributed by atoms with E-state index in [2.05, 4.69) is 28.3 Å². The van der Waals surface area contributed by atoms with Crippen LogP contribution in [0.5, 0.6) is 5.75 Å². The van der Waals surface area contributed by atoms with Crippen LogP contribution in [0.1, 0.15) is 12.6 Å². The smallest absolute Gasteiger partial charge is 0.126 e. The van der Waals surface area contributed by atoms with Crippen molar-refractivity contribution in [2.24, 2.45) is 0 Å². The summed E-state index contributed by atoms with van der Waals surface area (Å²) in [6.07, 6.45) is 0.853. The summed E-state index contributed by atoms with van der Waals surface area (Å²) in [6, 6.07) is 9.26. The number of phenols is 1. The molecular weight excluding hydrogens is 270 g/mol. The van der Waals surface area contributed by atoms with Crippen LogP contribution < -0.4 is 5.32 Å². The number of fused-ring (bicyclic) bond motifs is 1. The molecule has 102 valence electrons. The average Bonchev–Trinajstić information content (AvgIpc) is 2.89. The lowest BCUT2D eigenvalue weighted by Gasteiger charge is -2.06. The van der Waals surface area contributed by atoms with E-state index in [9.17, 15) is 5.11 Å². The second-order valence-corrected chi connectivity index (χ2v) is 5.50. The van der Waals surface area contributed by atoms with Gasteiger partial charge in [-0.1, -0.05) is 6.92 Å². The molecule has 20 heavy (non-hydrogen) atoms. The third-order valence-electron chi connectivity index (χ3n) is 3.17. The highest BCUT2D eigenvalue weighted by atomic mass is 32.1. The molecule has 2 aromatic heterocycles. The Bertz CT molecular complexity index is 767. The number of nitrogens with one attached hydrogen (secondary N) is 1. The molecule has 0 saturated carbocycles. The van der Waals surface area contributed by atoms with Crippen molar-refractivity contribution < 1.29 is 5.11 Å². The van der Waals surface area contributed by atoms with E-state index in [0.29, 0.717) is 0 Å². The number of hydrogen-bond donors (Lipinski definition) is 2. The molecule has 2 heterocycles. The Balaban J connectivity index is 2.14. The van der Waals surface area contributed by atoms with Crippen molar-refractivity contribution in [3.05, 3.63) is 36.0 Å². The summed E-state index contributed by atoms with van der Waals surface area (Å²) in [7, 11) is 1.86. The largest absolute Gasteiger partial charge is 0.508 e. The number of nitrogens with zero attached hydrogens (tertiary/aromatic N) is 2. The summed E-state index contributed by atoms with van der Waals surface area (Å²) in [5.41, 5.74) is 3.00. The quantitative estimate of drug-likeness (QED) is 0.771. The predicted molar refractivity (Wildman–Crippen MR) is 83.4 cm³/mol. The van der Waals surface area contributed by atoms with Crippen molar-refractivity contribution in [1.82, 2.24) is 9.97 Å². The summed E-state index contributed by atoms with van der Waals surface area (Å²) in [5, 5.41) is 13.5.